The monoisotopic (exact) mass is 291 g/mol. The van der Waals surface area contributed by atoms with Gasteiger partial charge in [-0.1, -0.05) is 6.92 Å². The molecular weight excluding hydrogens is 262 g/mol. The lowest BCUT2D eigenvalue weighted by molar-refractivity contribution is 0.284. The fraction of sp³-hybridized carbons (Fsp3) is 0.750. The molecule has 0 saturated carbocycles. The number of piperidine rings is 1. The van der Waals surface area contributed by atoms with Crippen molar-refractivity contribution in [3.05, 3.63) is 11.4 Å². The average molecular weight is 291 g/mol. The Morgan fingerprint density at radius 3 is 2.48 bits per heavy atom. The number of nitrogens with zero attached hydrogens (tertiary/aromatic N) is 4. The minimum atomic E-state index is 0.638. The van der Waals surface area contributed by atoms with Crippen LogP contribution in [0, 0.1) is 12.8 Å². The van der Waals surface area contributed by atoms with Gasteiger partial charge in [0.2, 0.25) is 0 Å². The van der Waals surface area contributed by atoms with Crippen molar-refractivity contribution in [3.8, 4) is 0 Å². The molecule has 0 radical (unpaired) electrons. The van der Waals surface area contributed by atoms with Gasteiger partial charge in [0.15, 0.2) is 0 Å². The van der Waals surface area contributed by atoms with Crippen LogP contribution in [0.4, 0.5) is 11.6 Å². The first-order valence-electron chi connectivity index (χ1n) is 8.04. The Labute approximate surface area is 128 Å². The van der Waals surface area contributed by atoms with Crippen molar-refractivity contribution < 1.29 is 0 Å². The zero-order valence-electron chi connectivity index (χ0n) is 13.9. The Balaban J connectivity index is 2.09. The molecule has 2 N–H and O–H groups in total. The topological polar surface area (TPSA) is 58.3 Å². The van der Waals surface area contributed by atoms with Crippen molar-refractivity contribution in [3.63, 3.8) is 0 Å². The third kappa shape index (κ3) is 4.06. The second-order valence-corrected chi connectivity index (χ2v) is 6.42. The van der Waals surface area contributed by atoms with Gasteiger partial charge in [-0.05, 0) is 46.2 Å². The molecule has 1 aliphatic rings. The number of hydrogen-bond donors (Lipinski definition) is 1. The molecule has 1 aromatic heterocycles. The van der Waals surface area contributed by atoms with Crippen LogP contribution in [0.2, 0.25) is 0 Å². The van der Waals surface area contributed by atoms with E-state index >= 15 is 0 Å². The Bertz CT molecular complexity index is 464. The molecule has 1 saturated heterocycles. The van der Waals surface area contributed by atoms with Gasteiger partial charge in [-0.2, -0.15) is 0 Å². The Morgan fingerprint density at radius 2 is 1.90 bits per heavy atom. The number of hydrogen-bond acceptors (Lipinski definition) is 5. The molecule has 0 aromatic carbocycles. The summed E-state index contributed by atoms with van der Waals surface area (Å²) in [7, 11) is 4.30. The summed E-state index contributed by atoms with van der Waals surface area (Å²) in [5.74, 6) is 3.37. The quantitative estimate of drug-likeness (QED) is 0.900. The highest BCUT2D eigenvalue weighted by atomic mass is 15.2. The third-order valence-corrected chi connectivity index (χ3v) is 4.22. The van der Waals surface area contributed by atoms with Crippen molar-refractivity contribution in [1.29, 1.82) is 0 Å². The molecule has 1 fully saturated rings. The second kappa shape index (κ2) is 7.07. The Hall–Kier alpha value is -1.36. The van der Waals surface area contributed by atoms with Crippen LogP contribution in [0.3, 0.4) is 0 Å². The van der Waals surface area contributed by atoms with Gasteiger partial charge in [0.25, 0.3) is 0 Å². The molecule has 0 unspecified atom stereocenters. The highest BCUT2D eigenvalue weighted by molar-refractivity contribution is 5.56. The Morgan fingerprint density at radius 1 is 1.24 bits per heavy atom. The van der Waals surface area contributed by atoms with Gasteiger partial charge in [-0.3, -0.25) is 0 Å². The van der Waals surface area contributed by atoms with Crippen molar-refractivity contribution in [2.24, 2.45) is 5.92 Å². The maximum absolute atomic E-state index is 6.07. The molecular formula is C16H29N5. The number of anilines is 2. The zero-order chi connectivity index (χ0) is 15.4. The molecule has 1 aromatic rings. The molecule has 5 nitrogen and oxygen atoms in total. The summed E-state index contributed by atoms with van der Waals surface area (Å²) in [6.45, 7) is 7.50. The molecule has 5 heteroatoms. The van der Waals surface area contributed by atoms with Crippen LogP contribution in [-0.4, -0.2) is 48.6 Å². The number of aromatic nitrogens is 2. The van der Waals surface area contributed by atoms with Crippen molar-refractivity contribution in [2.45, 2.75) is 39.5 Å². The summed E-state index contributed by atoms with van der Waals surface area (Å²) in [5, 5.41) is 0. The van der Waals surface area contributed by atoms with Gasteiger partial charge in [0.1, 0.15) is 17.5 Å². The van der Waals surface area contributed by atoms with Gasteiger partial charge >= 0.3 is 0 Å². The van der Waals surface area contributed by atoms with E-state index in [1.807, 2.05) is 6.92 Å². The normalized spacial score (nSPS) is 16.7. The first-order chi connectivity index (χ1) is 10.0. The molecule has 0 bridgehead atoms. The van der Waals surface area contributed by atoms with E-state index in [1.165, 1.54) is 19.4 Å². The van der Waals surface area contributed by atoms with E-state index in [9.17, 15) is 0 Å². The molecule has 2 rings (SSSR count). The van der Waals surface area contributed by atoms with Gasteiger partial charge < -0.3 is 15.5 Å². The Kier molecular flexibility index (Phi) is 5.39. The average Bonchev–Trinajstić information content (AvgIpc) is 2.43. The maximum Gasteiger partial charge on any atom is 0.137 e. The summed E-state index contributed by atoms with van der Waals surface area (Å²) < 4.78 is 0. The summed E-state index contributed by atoms with van der Waals surface area (Å²) in [4.78, 5) is 13.8. The highest BCUT2D eigenvalue weighted by Crippen LogP contribution is 2.27. The van der Waals surface area contributed by atoms with Gasteiger partial charge in [0.05, 0.1) is 0 Å². The second-order valence-electron chi connectivity index (χ2n) is 6.42. The molecule has 21 heavy (non-hydrogen) atoms. The third-order valence-electron chi connectivity index (χ3n) is 4.22. The molecule has 0 aliphatic carbocycles. The van der Waals surface area contributed by atoms with E-state index in [-0.39, 0.29) is 0 Å². The van der Waals surface area contributed by atoms with Gasteiger partial charge in [-0.25, -0.2) is 9.97 Å². The summed E-state index contributed by atoms with van der Waals surface area (Å²) in [6.07, 6.45) is 4.40. The zero-order valence-corrected chi connectivity index (χ0v) is 13.9. The van der Waals surface area contributed by atoms with Crippen LogP contribution in [-0.2, 0) is 6.42 Å². The summed E-state index contributed by atoms with van der Waals surface area (Å²) >= 11 is 0. The molecule has 0 atom stereocenters. The lowest BCUT2D eigenvalue weighted by atomic mass is 9.96. The first kappa shape index (κ1) is 16.0. The van der Waals surface area contributed by atoms with Crippen LogP contribution >= 0.6 is 0 Å². The van der Waals surface area contributed by atoms with Gasteiger partial charge in [0, 0.05) is 31.6 Å². The van der Waals surface area contributed by atoms with Crippen LogP contribution in [0.15, 0.2) is 0 Å². The lowest BCUT2D eigenvalue weighted by Gasteiger charge is -2.34. The fourth-order valence-corrected chi connectivity index (χ4v) is 3.06. The fourth-order valence-electron chi connectivity index (χ4n) is 3.06. The number of nitrogens with two attached hydrogens (primary N) is 1. The molecule has 118 valence electrons. The lowest BCUT2D eigenvalue weighted by Crippen LogP contribution is -2.38. The van der Waals surface area contributed by atoms with Crippen LogP contribution in [0.25, 0.3) is 0 Å². The van der Waals surface area contributed by atoms with E-state index in [0.29, 0.717) is 5.82 Å². The predicted octanol–water partition coefficient (Wildman–Crippen LogP) is 2.10. The van der Waals surface area contributed by atoms with Crippen molar-refractivity contribution >= 4 is 11.6 Å². The number of aryl methyl sites for hydroxylation is 1. The van der Waals surface area contributed by atoms with Gasteiger partial charge in [-0.15, -0.1) is 0 Å². The minimum absolute atomic E-state index is 0.638. The highest BCUT2D eigenvalue weighted by Gasteiger charge is 2.23. The summed E-state index contributed by atoms with van der Waals surface area (Å²) in [5.41, 5.74) is 7.10. The predicted molar refractivity (Wildman–Crippen MR) is 88.7 cm³/mol. The minimum Gasteiger partial charge on any atom is -0.383 e. The first-order valence-corrected chi connectivity index (χ1v) is 8.04. The van der Waals surface area contributed by atoms with E-state index in [0.717, 1.165) is 49.1 Å². The smallest absolute Gasteiger partial charge is 0.137 e. The largest absolute Gasteiger partial charge is 0.383 e. The SMILES string of the molecule is CCCc1nc(N)c(C)c(N2CCC(CN(C)C)CC2)n1. The number of rotatable bonds is 5. The molecule has 0 amide bonds. The molecule has 1 aliphatic heterocycles. The molecule has 0 spiro atoms. The standard InChI is InChI=1S/C16H29N5/c1-5-6-14-18-15(17)12(2)16(19-14)21-9-7-13(8-10-21)11-20(3)4/h13H,5-11H2,1-4H3,(H2,17,18,19). The van der Waals surface area contributed by atoms with E-state index < -0.39 is 0 Å². The number of nitrogen functional groups attached to an aromatic ring is 1. The van der Waals surface area contributed by atoms with Crippen molar-refractivity contribution in [1.82, 2.24) is 14.9 Å². The van der Waals surface area contributed by atoms with Crippen LogP contribution < -0.4 is 10.6 Å². The maximum atomic E-state index is 6.07. The van der Waals surface area contributed by atoms with Crippen molar-refractivity contribution in [2.75, 3.05) is 44.4 Å². The van der Waals surface area contributed by atoms with E-state index in [1.54, 1.807) is 0 Å². The summed E-state index contributed by atoms with van der Waals surface area (Å²) in [6, 6.07) is 0. The molecule has 2 heterocycles. The van der Waals surface area contributed by atoms with E-state index in [4.69, 9.17) is 10.7 Å². The van der Waals surface area contributed by atoms with E-state index in [2.05, 4.69) is 35.8 Å². The van der Waals surface area contributed by atoms with Crippen LogP contribution in [0.1, 0.15) is 37.6 Å². The van der Waals surface area contributed by atoms with Crippen LogP contribution in [0.5, 0.6) is 0 Å².